The van der Waals surface area contributed by atoms with Crippen LogP contribution in [0.2, 0.25) is 0 Å². The Bertz CT molecular complexity index is 971. The third-order valence-corrected chi connectivity index (χ3v) is 7.72. The Morgan fingerprint density at radius 3 is 2.24 bits per heavy atom. The Hall–Kier alpha value is -2.73. The van der Waals surface area contributed by atoms with E-state index < -0.39 is 21.0 Å². The maximum Gasteiger partial charge on any atom is 0.293 e. The highest BCUT2D eigenvalue weighted by Gasteiger charge is 2.31. The molecule has 2 amide bonds. The molecule has 1 fully saturated rings. The van der Waals surface area contributed by atoms with Gasteiger partial charge < -0.3 is 15.1 Å². The Labute approximate surface area is 194 Å². The lowest BCUT2D eigenvalue weighted by molar-refractivity contribution is -0.384. The zero-order chi connectivity index (χ0) is 24.8. The summed E-state index contributed by atoms with van der Waals surface area (Å²) in [4.78, 5) is 38.8. The molecular weight excluding hydrogens is 450 g/mol. The van der Waals surface area contributed by atoms with E-state index in [1.54, 1.807) is 23.6 Å². The third kappa shape index (κ3) is 6.20. The Morgan fingerprint density at radius 1 is 1.15 bits per heavy atom. The van der Waals surface area contributed by atoms with Crippen LogP contribution in [0.3, 0.4) is 0 Å². The van der Waals surface area contributed by atoms with Gasteiger partial charge in [0.1, 0.15) is 11.7 Å². The first-order valence-corrected chi connectivity index (χ1v) is 12.6. The second-order valence-electron chi connectivity index (χ2n) is 7.85. The van der Waals surface area contributed by atoms with Crippen LogP contribution in [0, 0.1) is 10.1 Å². The van der Waals surface area contributed by atoms with Crippen LogP contribution in [-0.2, 0) is 19.6 Å². The fourth-order valence-corrected chi connectivity index (χ4v) is 5.45. The molecule has 184 valence electrons. The molecule has 1 aliphatic heterocycles. The van der Waals surface area contributed by atoms with Crippen LogP contribution in [0.5, 0.6) is 0 Å². The number of amides is 2. The van der Waals surface area contributed by atoms with Crippen LogP contribution in [0.4, 0.5) is 11.4 Å². The molecule has 0 saturated carbocycles. The van der Waals surface area contributed by atoms with Crippen molar-refractivity contribution in [3.8, 4) is 0 Å². The average Bonchev–Trinajstić information content (AvgIpc) is 2.78. The van der Waals surface area contributed by atoms with Gasteiger partial charge in [0, 0.05) is 52.3 Å². The van der Waals surface area contributed by atoms with Gasteiger partial charge in [-0.05, 0) is 18.6 Å². The number of carbonyl (C=O) groups is 2. The van der Waals surface area contributed by atoms with Gasteiger partial charge in [-0.2, -0.15) is 4.31 Å². The summed E-state index contributed by atoms with van der Waals surface area (Å²) in [5.41, 5.74) is 0.0303. The van der Waals surface area contributed by atoms with Crippen molar-refractivity contribution in [2.45, 2.75) is 51.5 Å². The second kappa shape index (κ2) is 11.4. The molecule has 12 heteroatoms. The van der Waals surface area contributed by atoms with Gasteiger partial charge in [-0.15, -0.1) is 0 Å². The van der Waals surface area contributed by atoms with Gasteiger partial charge >= 0.3 is 0 Å². The Kier molecular flexibility index (Phi) is 9.17. The summed E-state index contributed by atoms with van der Waals surface area (Å²) in [5, 5.41) is 14.4. The van der Waals surface area contributed by atoms with E-state index in [1.165, 1.54) is 23.4 Å². The zero-order valence-electron chi connectivity index (χ0n) is 19.6. The van der Waals surface area contributed by atoms with Crippen molar-refractivity contribution in [2.24, 2.45) is 0 Å². The van der Waals surface area contributed by atoms with Crippen molar-refractivity contribution in [1.29, 1.82) is 0 Å². The summed E-state index contributed by atoms with van der Waals surface area (Å²) in [7, 11) is -3.83. The van der Waals surface area contributed by atoms with Crippen LogP contribution >= 0.6 is 0 Å². The molecule has 0 spiro atoms. The van der Waals surface area contributed by atoms with Crippen molar-refractivity contribution in [1.82, 2.24) is 14.5 Å². The predicted octanol–water partition coefficient (Wildman–Crippen LogP) is 1.58. The predicted molar refractivity (Wildman–Crippen MR) is 125 cm³/mol. The van der Waals surface area contributed by atoms with Crippen LogP contribution < -0.4 is 10.2 Å². The van der Waals surface area contributed by atoms with Gasteiger partial charge in [-0.3, -0.25) is 19.7 Å². The molecule has 1 heterocycles. The van der Waals surface area contributed by atoms with Crippen molar-refractivity contribution in [2.75, 3.05) is 44.2 Å². The molecular formula is C21H33N5O6S. The number of rotatable bonds is 10. The molecule has 0 aromatic heterocycles. The summed E-state index contributed by atoms with van der Waals surface area (Å²) in [6.45, 7) is 8.65. The van der Waals surface area contributed by atoms with Crippen LogP contribution in [0.15, 0.2) is 23.1 Å². The molecule has 0 aliphatic carbocycles. The Morgan fingerprint density at radius 2 is 1.76 bits per heavy atom. The van der Waals surface area contributed by atoms with E-state index in [0.29, 0.717) is 38.3 Å². The van der Waals surface area contributed by atoms with Gasteiger partial charge in [0.2, 0.25) is 21.8 Å². The minimum atomic E-state index is -3.83. The van der Waals surface area contributed by atoms with Crippen molar-refractivity contribution < 1.29 is 22.9 Å². The summed E-state index contributed by atoms with van der Waals surface area (Å²) in [5.74, 6) is -0.433. The largest absolute Gasteiger partial charge is 0.362 e. The molecule has 11 nitrogen and oxygen atoms in total. The number of nitro benzene ring substituents is 1. The normalized spacial score (nSPS) is 15.4. The summed E-state index contributed by atoms with van der Waals surface area (Å²) < 4.78 is 26.8. The summed E-state index contributed by atoms with van der Waals surface area (Å²) in [6.07, 6.45) is 1.28. The molecule has 1 atom stereocenters. The first-order valence-electron chi connectivity index (χ1n) is 11.2. The van der Waals surface area contributed by atoms with E-state index in [0.717, 1.165) is 12.5 Å². The molecule has 1 saturated heterocycles. The highest BCUT2D eigenvalue weighted by Crippen LogP contribution is 2.32. The molecule has 0 bridgehead atoms. The molecule has 1 N–H and O–H groups in total. The SMILES string of the molecule is CCC[C@@H](NC(C)=O)C(=O)N1CCN(c2ccc(S(=O)(=O)N(CC)CC)cc2[N+](=O)[O-])CC1. The summed E-state index contributed by atoms with van der Waals surface area (Å²) in [6, 6.07) is 3.37. The van der Waals surface area contributed by atoms with E-state index >= 15 is 0 Å². The fourth-order valence-electron chi connectivity index (χ4n) is 3.97. The number of carbonyl (C=O) groups excluding carboxylic acids is 2. The van der Waals surface area contributed by atoms with Gasteiger partial charge in [-0.1, -0.05) is 27.2 Å². The highest BCUT2D eigenvalue weighted by atomic mass is 32.2. The van der Waals surface area contributed by atoms with Gasteiger partial charge in [0.05, 0.1) is 9.82 Å². The lowest BCUT2D eigenvalue weighted by atomic mass is 10.1. The van der Waals surface area contributed by atoms with E-state index in [9.17, 15) is 28.1 Å². The molecule has 1 aromatic carbocycles. The van der Waals surface area contributed by atoms with Crippen molar-refractivity contribution in [3.63, 3.8) is 0 Å². The quantitative estimate of drug-likeness (QED) is 0.394. The number of sulfonamides is 1. The van der Waals surface area contributed by atoms with Gasteiger partial charge in [-0.25, -0.2) is 8.42 Å². The van der Waals surface area contributed by atoms with Gasteiger partial charge in [0.25, 0.3) is 5.69 Å². The number of nitro groups is 1. The number of nitrogens with one attached hydrogen (secondary N) is 1. The van der Waals surface area contributed by atoms with E-state index in [-0.39, 0.29) is 35.5 Å². The Balaban J connectivity index is 2.22. The second-order valence-corrected chi connectivity index (χ2v) is 9.79. The maximum atomic E-state index is 12.8. The molecule has 2 rings (SSSR count). The lowest BCUT2D eigenvalue weighted by Gasteiger charge is -2.37. The lowest BCUT2D eigenvalue weighted by Crippen LogP contribution is -2.54. The van der Waals surface area contributed by atoms with E-state index in [4.69, 9.17) is 0 Å². The summed E-state index contributed by atoms with van der Waals surface area (Å²) >= 11 is 0. The number of hydrogen-bond donors (Lipinski definition) is 1. The van der Waals surface area contributed by atoms with Crippen molar-refractivity contribution in [3.05, 3.63) is 28.3 Å². The number of hydrogen-bond acceptors (Lipinski definition) is 7. The van der Waals surface area contributed by atoms with E-state index in [1.807, 2.05) is 6.92 Å². The first-order chi connectivity index (χ1) is 15.6. The molecule has 0 unspecified atom stereocenters. The smallest absolute Gasteiger partial charge is 0.293 e. The minimum absolute atomic E-state index is 0.117. The van der Waals surface area contributed by atoms with Crippen LogP contribution in [0.25, 0.3) is 0 Å². The molecule has 1 aromatic rings. The van der Waals surface area contributed by atoms with Crippen molar-refractivity contribution >= 4 is 33.2 Å². The first kappa shape index (κ1) is 26.5. The molecule has 33 heavy (non-hydrogen) atoms. The number of nitrogens with zero attached hydrogens (tertiary/aromatic N) is 4. The van der Waals surface area contributed by atoms with Gasteiger partial charge in [0.15, 0.2) is 0 Å². The molecule has 0 radical (unpaired) electrons. The van der Waals surface area contributed by atoms with E-state index in [2.05, 4.69) is 5.32 Å². The number of anilines is 1. The standard InChI is InChI=1S/C21H33N5O6S/c1-5-8-18(22-16(4)27)21(28)24-13-11-23(12-14-24)19-10-9-17(15-20(19)26(29)30)33(31,32)25(6-2)7-3/h9-10,15,18H,5-8,11-14H2,1-4H3,(H,22,27)/t18-/m1/s1. The maximum absolute atomic E-state index is 12.8. The minimum Gasteiger partial charge on any atom is -0.362 e. The third-order valence-electron chi connectivity index (χ3n) is 5.67. The van der Waals surface area contributed by atoms with Crippen LogP contribution in [-0.4, -0.2) is 79.7 Å². The number of piperazine rings is 1. The van der Waals surface area contributed by atoms with Crippen LogP contribution in [0.1, 0.15) is 40.5 Å². The monoisotopic (exact) mass is 483 g/mol. The zero-order valence-corrected chi connectivity index (χ0v) is 20.4. The highest BCUT2D eigenvalue weighted by molar-refractivity contribution is 7.89. The molecule has 1 aliphatic rings. The average molecular weight is 484 g/mol. The topological polar surface area (TPSA) is 133 Å². The fraction of sp³-hybridized carbons (Fsp3) is 0.619. The number of benzene rings is 1.